The zero-order chi connectivity index (χ0) is 23.9. The van der Waals surface area contributed by atoms with Gasteiger partial charge in [0.15, 0.2) is 0 Å². The molecule has 0 saturated carbocycles. The molecule has 1 aromatic carbocycles. The van der Waals surface area contributed by atoms with E-state index < -0.39 is 0 Å². The molecule has 1 aromatic heterocycles. The van der Waals surface area contributed by atoms with Crippen molar-refractivity contribution < 1.29 is 9.53 Å². The summed E-state index contributed by atoms with van der Waals surface area (Å²) < 4.78 is 6.59. The minimum Gasteiger partial charge on any atom is -0.361 e. The van der Waals surface area contributed by atoms with Crippen LogP contribution in [-0.4, -0.2) is 29.2 Å². The van der Waals surface area contributed by atoms with E-state index in [1.165, 1.54) is 57.8 Å². The number of halogens is 1. The van der Waals surface area contributed by atoms with Crippen LogP contribution in [0.3, 0.4) is 0 Å². The quantitative estimate of drug-likeness (QED) is 0.178. The summed E-state index contributed by atoms with van der Waals surface area (Å²) in [6, 6.07) is 9.52. The van der Waals surface area contributed by atoms with Gasteiger partial charge in [0, 0.05) is 24.7 Å². The molecule has 0 saturated heterocycles. The Balaban J connectivity index is 1.61. The summed E-state index contributed by atoms with van der Waals surface area (Å²) in [6.45, 7) is 7.81. The molecule has 0 radical (unpaired) electrons. The smallest absolute Gasteiger partial charge is 0.297 e. The Labute approximate surface area is 208 Å². The molecule has 0 spiro atoms. The number of carbonyl (C=O) groups excluding carboxylic acids is 1. The van der Waals surface area contributed by atoms with E-state index >= 15 is 0 Å². The fourth-order valence-electron chi connectivity index (χ4n) is 3.65. The monoisotopic (exact) mass is 517 g/mol. The summed E-state index contributed by atoms with van der Waals surface area (Å²) in [4.78, 5) is 22.8. The van der Waals surface area contributed by atoms with Gasteiger partial charge in [-0.1, -0.05) is 90.3 Å². The minimum atomic E-state index is -0.267. The van der Waals surface area contributed by atoms with E-state index in [1.54, 1.807) is 17.3 Å². The number of hydrogen-bond donors (Lipinski definition) is 0. The SMILES string of the molecule is CC(C)(C)CCCCCCCCCCCOCN(C(=O)c1ncc(Br)cn1)c1ccccc1. The molecule has 2 aromatic rings. The molecule has 1 heterocycles. The first-order valence-electron chi connectivity index (χ1n) is 12.3. The molecule has 0 bridgehead atoms. The second-order valence-electron chi connectivity index (χ2n) is 9.82. The lowest BCUT2D eigenvalue weighted by Crippen LogP contribution is -2.34. The third-order valence-electron chi connectivity index (χ3n) is 5.56. The molecule has 0 N–H and O–H groups in total. The van der Waals surface area contributed by atoms with Gasteiger partial charge >= 0.3 is 0 Å². The third kappa shape index (κ3) is 11.8. The van der Waals surface area contributed by atoms with E-state index in [2.05, 4.69) is 46.7 Å². The summed E-state index contributed by atoms with van der Waals surface area (Å²) >= 11 is 3.30. The van der Waals surface area contributed by atoms with Gasteiger partial charge in [0.1, 0.15) is 6.73 Å². The lowest BCUT2D eigenvalue weighted by molar-refractivity contribution is 0.0868. The van der Waals surface area contributed by atoms with Crippen LogP contribution in [0.1, 0.15) is 95.6 Å². The minimum absolute atomic E-state index is 0.157. The second-order valence-corrected chi connectivity index (χ2v) is 10.7. The van der Waals surface area contributed by atoms with E-state index in [4.69, 9.17) is 4.74 Å². The Morgan fingerprint density at radius 3 is 2.00 bits per heavy atom. The largest absolute Gasteiger partial charge is 0.361 e. The first kappa shape index (κ1) is 27.5. The topological polar surface area (TPSA) is 55.3 Å². The average Bonchev–Trinajstić information content (AvgIpc) is 2.79. The first-order valence-corrected chi connectivity index (χ1v) is 13.1. The van der Waals surface area contributed by atoms with Gasteiger partial charge in [0.2, 0.25) is 5.82 Å². The Hall–Kier alpha value is -1.79. The zero-order valence-corrected chi connectivity index (χ0v) is 22.1. The summed E-state index contributed by atoms with van der Waals surface area (Å²) in [5.41, 5.74) is 1.25. The highest BCUT2D eigenvalue weighted by Gasteiger charge is 2.20. The van der Waals surface area contributed by atoms with Crippen molar-refractivity contribution in [3.63, 3.8) is 0 Å². The molecule has 6 heteroatoms. The maximum atomic E-state index is 12.9. The Morgan fingerprint density at radius 1 is 0.879 bits per heavy atom. The Morgan fingerprint density at radius 2 is 1.42 bits per heavy atom. The Kier molecular flexibility index (Phi) is 12.6. The van der Waals surface area contributed by atoms with E-state index in [1.807, 2.05) is 30.3 Å². The van der Waals surface area contributed by atoms with Crippen molar-refractivity contribution in [1.29, 1.82) is 0 Å². The van der Waals surface area contributed by atoms with Crippen LogP contribution in [0.5, 0.6) is 0 Å². The molecule has 5 nitrogen and oxygen atoms in total. The molecule has 0 fully saturated rings. The van der Waals surface area contributed by atoms with Gasteiger partial charge in [-0.15, -0.1) is 0 Å². The number of nitrogens with zero attached hydrogens (tertiary/aromatic N) is 3. The molecule has 182 valence electrons. The average molecular weight is 519 g/mol. The number of anilines is 1. The molecule has 0 aliphatic rings. The molecule has 0 aliphatic heterocycles. The zero-order valence-electron chi connectivity index (χ0n) is 20.6. The van der Waals surface area contributed by atoms with Gasteiger partial charge in [-0.3, -0.25) is 9.69 Å². The number of ether oxygens (including phenoxy) is 1. The number of carbonyl (C=O) groups is 1. The van der Waals surface area contributed by atoms with E-state index in [0.717, 1.165) is 16.6 Å². The number of unbranched alkanes of at least 4 members (excludes halogenated alkanes) is 8. The lowest BCUT2D eigenvalue weighted by atomic mass is 9.89. The molecule has 0 atom stereocenters. The van der Waals surface area contributed by atoms with Crippen LogP contribution < -0.4 is 4.90 Å². The lowest BCUT2D eigenvalue weighted by Gasteiger charge is -2.22. The van der Waals surface area contributed by atoms with Crippen molar-refractivity contribution in [3.8, 4) is 0 Å². The summed E-state index contributed by atoms with van der Waals surface area (Å²) in [6.07, 6.45) is 16.0. The van der Waals surface area contributed by atoms with Crippen molar-refractivity contribution >= 4 is 27.5 Å². The molecular weight excluding hydrogens is 478 g/mol. The van der Waals surface area contributed by atoms with E-state index in [9.17, 15) is 4.79 Å². The molecule has 2 rings (SSSR count). The van der Waals surface area contributed by atoms with Crippen LogP contribution in [0.15, 0.2) is 47.2 Å². The van der Waals surface area contributed by atoms with Gasteiger partial charge in [-0.2, -0.15) is 0 Å². The third-order valence-corrected chi connectivity index (χ3v) is 5.97. The van der Waals surface area contributed by atoms with Crippen LogP contribution in [0, 0.1) is 5.41 Å². The molecule has 0 unspecified atom stereocenters. The Bertz CT molecular complexity index is 791. The van der Waals surface area contributed by atoms with E-state index in [0.29, 0.717) is 12.0 Å². The van der Waals surface area contributed by atoms with E-state index in [-0.39, 0.29) is 18.5 Å². The standard InChI is InChI=1S/C27H40BrN3O2/c1-27(2,3)18-14-9-7-5-4-6-8-10-15-19-33-22-31(24-16-12-11-13-17-24)26(32)25-29-20-23(28)21-30-25/h11-13,16-17,20-21H,4-10,14-15,18-19,22H2,1-3H3. The first-order chi connectivity index (χ1) is 15.9. The molecule has 33 heavy (non-hydrogen) atoms. The van der Waals surface area contributed by atoms with Crippen molar-refractivity contribution in [2.45, 2.75) is 85.0 Å². The number of para-hydroxylation sites is 1. The predicted molar refractivity (Wildman–Crippen MR) is 139 cm³/mol. The van der Waals surface area contributed by atoms with Gasteiger partial charge < -0.3 is 4.74 Å². The van der Waals surface area contributed by atoms with Crippen LogP contribution in [0.25, 0.3) is 0 Å². The van der Waals surface area contributed by atoms with Gasteiger partial charge in [0.05, 0.1) is 4.47 Å². The number of amides is 1. The molecular formula is C27H40BrN3O2. The highest BCUT2D eigenvalue weighted by molar-refractivity contribution is 9.10. The fraction of sp³-hybridized carbons (Fsp3) is 0.593. The summed E-state index contributed by atoms with van der Waals surface area (Å²) in [5, 5.41) is 0. The summed E-state index contributed by atoms with van der Waals surface area (Å²) in [7, 11) is 0. The van der Waals surface area contributed by atoms with Gasteiger partial charge in [-0.05, 0) is 46.3 Å². The highest BCUT2D eigenvalue weighted by atomic mass is 79.9. The number of rotatable bonds is 15. The number of benzene rings is 1. The van der Waals surface area contributed by atoms with Crippen molar-refractivity contribution in [3.05, 3.63) is 53.0 Å². The number of aromatic nitrogens is 2. The van der Waals surface area contributed by atoms with Gasteiger partial charge in [0.25, 0.3) is 5.91 Å². The van der Waals surface area contributed by atoms with Crippen LogP contribution >= 0.6 is 15.9 Å². The summed E-state index contributed by atoms with van der Waals surface area (Å²) in [5.74, 6) is -0.111. The predicted octanol–water partition coefficient (Wildman–Crippen LogP) is 7.81. The van der Waals surface area contributed by atoms with Gasteiger partial charge in [-0.25, -0.2) is 9.97 Å². The normalized spacial score (nSPS) is 11.5. The maximum Gasteiger partial charge on any atom is 0.297 e. The maximum absolute atomic E-state index is 12.9. The van der Waals surface area contributed by atoms with Crippen molar-refractivity contribution in [1.82, 2.24) is 9.97 Å². The van der Waals surface area contributed by atoms with Crippen molar-refractivity contribution in [2.24, 2.45) is 5.41 Å². The highest BCUT2D eigenvalue weighted by Crippen LogP contribution is 2.22. The second kappa shape index (κ2) is 15.2. The van der Waals surface area contributed by atoms with Crippen LogP contribution in [0.2, 0.25) is 0 Å². The van der Waals surface area contributed by atoms with Crippen LogP contribution in [-0.2, 0) is 4.74 Å². The molecule has 1 amide bonds. The van der Waals surface area contributed by atoms with Crippen LogP contribution in [0.4, 0.5) is 5.69 Å². The number of hydrogen-bond acceptors (Lipinski definition) is 4. The molecule has 0 aliphatic carbocycles. The van der Waals surface area contributed by atoms with Crippen molar-refractivity contribution in [2.75, 3.05) is 18.2 Å². The fourth-order valence-corrected chi connectivity index (χ4v) is 3.86.